The largest absolute Gasteiger partial charge is 0.326 e. The summed E-state index contributed by atoms with van der Waals surface area (Å²) >= 11 is 0. The van der Waals surface area contributed by atoms with Gasteiger partial charge in [-0.25, -0.2) is 13.8 Å². The first-order valence-corrected chi connectivity index (χ1v) is 12.4. The summed E-state index contributed by atoms with van der Waals surface area (Å²) in [6.45, 7) is 6.46. The molecule has 0 bridgehead atoms. The Morgan fingerprint density at radius 1 is 0.829 bits per heavy atom. The molecular formula is C26H28N4O4S. The van der Waals surface area contributed by atoms with Crippen molar-refractivity contribution in [2.75, 3.05) is 16.2 Å². The van der Waals surface area contributed by atoms with Crippen LogP contribution in [0.4, 0.5) is 11.4 Å². The second-order valence-corrected chi connectivity index (χ2v) is 10.0. The normalized spacial score (nSPS) is 11.6. The highest BCUT2D eigenvalue weighted by Gasteiger charge is 2.27. The van der Waals surface area contributed by atoms with Gasteiger partial charge in [0.15, 0.2) is 0 Å². The minimum atomic E-state index is -3.99. The summed E-state index contributed by atoms with van der Waals surface area (Å²) in [4.78, 5) is 24.0. The van der Waals surface area contributed by atoms with Gasteiger partial charge in [0.05, 0.1) is 16.3 Å². The van der Waals surface area contributed by atoms with E-state index in [0.717, 1.165) is 21.0 Å². The molecule has 0 heterocycles. The molecule has 3 aromatic rings. The fraction of sp³-hybridized carbons (Fsp3) is 0.192. The number of anilines is 2. The third kappa shape index (κ3) is 6.77. The van der Waals surface area contributed by atoms with Gasteiger partial charge in [0.2, 0.25) is 5.91 Å². The number of sulfonamides is 1. The zero-order valence-electron chi connectivity index (χ0n) is 20.1. The Hall–Kier alpha value is -3.98. The SMILES string of the molecule is CC(=O)Nc1ccc(/C(C)=N\NC(=O)CN(c2ccc(C)cc2)S(=O)(=O)c2ccc(C)cc2)cc1. The summed E-state index contributed by atoms with van der Waals surface area (Å²) in [5, 5.41) is 6.80. The zero-order chi connectivity index (χ0) is 25.6. The van der Waals surface area contributed by atoms with Crippen molar-refractivity contribution in [3.63, 3.8) is 0 Å². The van der Waals surface area contributed by atoms with Gasteiger partial charge >= 0.3 is 0 Å². The lowest BCUT2D eigenvalue weighted by atomic mass is 10.1. The third-order valence-corrected chi connectivity index (χ3v) is 6.98. The van der Waals surface area contributed by atoms with Crippen molar-refractivity contribution in [2.45, 2.75) is 32.6 Å². The summed E-state index contributed by atoms with van der Waals surface area (Å²) in [7, 11) is -3.99. The van der Waals surface area contributed by atoms with Gasteiger partial charge in [-0.1, -0.05) is 47.5 Å². The molecule has 0 atom stereocenters. The van der Waals surface area contributed by atoms with E-state index in [-0.39, 0.29) is 10.8 Å². The number of hydrazone groups is 1. The van der Waals surface area contributed by atoms with Crippen LogP contribution in [0, 0.1) is 13.8 Å². The Morgan fingerprint density at radius 2 is 1.37 bits per heavy atom. The first kappa shape index (κ1) is 25.6. The molecule has 9 heteroatoms. The first-order valence-electron chi connectivity index (χ1n) is 10.9. The molecule has 0 aliphatic heterocycles. The quantitative estimate of drug-likeness (QED) is 0.366. The molecular weight excluding hydrogens is 464 g/mol. The van der Waals surface area contributed by atoms with E-state index in [9.17, 15) is 18.0 Å². The van der Waals surface area contributed by atoms with Crippen molar-refractivity contribution < 1.29 is 18.0 Å². The molecule has 0 fully saturated rings. The van der Waals surface area contributed by atoms with Crippen LogP contribution in [0.3, 0.4) is 0 Å². The highest BCUT2D eigenvalue weighted by atomic mass is 32.2. The van der Waals surface area contributed by atoms with Crippen molar-refractivity contribution in [3.8, 4) is 0 Å². The topological polar surface area (TPSA) is 108 Å². The van der Waals surface area contributed by atoms with Crippen LogP contribution in [0.25, 0.3) is 0 Å². The van der Waals surface area contributed by atoms with Crippen LogP contribution in [-0.2, 0) is 19.6 Å². The molecule has 0 spiro atoms. The molecule has 0 unspecified atom stereocenters. The Labute approximate surface area is 205 Å². The monoisotopic (exact) mass is 492 g/mol. The maximum Gasteiger partial charge on any atom is 0.264 e. The van der Waals surface area contributed by atoms with E-state index in [1.165, 1.54) is 19.1 Å². The van der Waals surface area contributed by atoms with E-state index in [1.807, 2.05) is 13.8 Å². The number of amides is 2. The number of hydrogen-bond donors (Lipinski definition) is 2. The van der Waals surface area contributed by atoms with Crippen LogP contribution >= 0.6 is 0 Å². The lowest BCUT2D eigenvalue weighted by Crippen LogP contribution is -2.39. The highest BCUT2D eigenvalue weighted by molar-refractivity contribution is 7.92. The first-order chi connectivity index (χ1) is 16.6. The van der Waals surface area contributed by atoms with Crippen molar-refractivity contribution in [3.05, 3.63) is 89.5 Å². The van der Waals surface area contributed by atoms with Crippen LogP contribution < -0.4 is 15.0 Å². The molecule has 0 aromatic heterocycles. The second-order valence-electron chi connectivity index (χ2n) is 8.15. The predicted octanol–water partition coefficient (Wildman–Crippen LogP) is 4.00. The Bertz CT molecular complexity index is 1330. The Balaban J connectivity index is 1.80. The van der Waals surface area contributed by atoms with Gasteiger partial charge in [0, 0.05) is 12.6 Å². The molecule has 0 radical (unpaired) electrons. The molecule has 0 aliphatic rings. The number of nitrogens with one attached hydrogen (secondary N) is 2. The van der Waals surface area contributed by atoms with Gasteiger partial charge in [-0.05, 0) is 62.7 Å². The number of carbonyl (C=O) groups excluding carboxylic acids is 2. The molecule has 2 N–H and O–H groups in total. The molecule has 0 saturated heterocycles. The smallest absolute Gasteiger partial charge is 0.264 e. The van der Waals surface area contributed by atoms with Crippen LogP contribution in [0.15, 0.2) is 82.8 Å². The summed E-state index contributed by atoms with van der Waals surface area (Å²) in [6.07, 6.45) is 0. The number of aryl methyl sites for hydroxylation is 2. The average molecular weight is 493 g/mol. The van der Waals surface area contributed by atoms with E-state index < -0.39 is 22.5 Å². The lowest BCUT2D eigenvalue weighted by molar-refractivity contribution is -0.119. The Morgan fingerprint density at radius 3 is 1.91 bits per heavy atom. The molecule has 2 amide bonds. The minimum Gasteiger partial charge on any atom is -0.326 e. The lowest BCUT2D eigenvalue weighted by Gasteiger charge is -2.24. The summed E-state index contributed by atoms with van der Waals surface area (Å²) < 4.78 is 27.9. The van der Waals surface area contributed by atoms with Gasteiger partial charge < -0.3 is 5.32 Å². The maximum atomic E-state index is 13.4. The number of carbonyl (C=O) groups is 2. The van der Waals surface area contributed by atoms with Crippen molar-refractivity contribution in [1.82, 2.24) is 5.43 Å². The third-order valence-electron chi connectivity index (χ3n) is 5.19. The van der Waals surface area contributed by atoms with E-state index >= 15 is 0 Å². The number of hydrogen-bond acceptors (Lipinski definition) is 5. The van der Waals surface area contributed by atoms with Crippen molar-refractivity contribution in [2.24, 2.45) is 5.10 Å². The van der Waals surface area contributed by atoms with Gasteiger partial charge in [-0.2, -0.15) is 5.10 Å². The summed E-state index contributed by atoms with van der Waals surface area (Å²) in [5.74, 6) is -0.760. The molecule has 3 aromatic carbocycles. The van der Waals surface area contributed by atoms with Gasteiger partial charge in [0.1, 0.15) is 6.54 Å². The van der Waals surface area contributed by atoms with Gasteiger partial charge in [0.25, 0.3) is 15.9 Å². The number of nitrogens with zero attached hydrogens (tertiary/aromatic N) is 2. The summed E-state index contributed by atoms with van der Waals surface area (Å²) in [6, 6.07) is 20.4. The molecule has 0 saturated carbocycles. The van der Waals surface area contributed by atoms with Crippen molar-refractivity contribution in [1.29, 1.82) is 0 Å². The average Bonchev–Trinajstić information content (AvgIpc) is 2.82. The fourth-order valence-corrected chi connectivity index (χ4v) is 4.66. The highest BCUT2D eigenvalue weighted by Crippen LogP contribution is 2.24. The van der Waals surface area contributed by atoms with Crippen LogP contribution in [0.1, 0.15) is 30.5 Å². The minimum absolute atomic E-state index is 0.0930. The van der Waals surface area contributed by atoms with E-state index in [2.05, 4.69) is 15.8 Å². The van der Waals surface area contributed by atoms with Crippen LogP contribution in [0.2, 0.25) is 0 Å². The molecule has 3 rings (SSSR count). The standard InChI is InChI=1S/C26H28N4O4S/c1-18-5-13-24(14-6-18)30(35(33,34)25-15-7-19(2)8-16-25)17-26(32)29-28-20(3)22-9-11-23(12-10-22)27-21(4)31/h5-16H,17H2,1-4H3,(H,27,31)(H,29,32)/b28-20-. The number of rotatable bonds is 8. The summed E-state index contributed by atoms with van der Waals surface area (Å²) in [5.41, 5.74) is 6.63. The fourth-order valence-electron chi connectivity index (χ4n) is 3.24. The van der Waals surface area contributed by atoms with E-state index in [0.29, 0.717) is 17.1 Å². The molecule has 182 valence electrons. The van der Waals surface area contributed by atoms with Crippen LogP contribution in [0.5, 0.6) is 0 Å². The molecule has 35 heavy (non-hydrogen) atoms. The van der Waals surface area contributed by atoms with Crippen LogP contribution in [-0.4, -0.2) is 32.5 Å². The predicted molar refractivity (Wildman–Crippen MR) is 138 cm³/mol. The zero-order valence-corrected chi connectivity index (χ0v) is 20.9. The molecule has 8 nitrogen and oxygen atoms in total. The van der Waals surface area contributed by atoms with E-state index in [4.69, 9.17) is 0 Å². The van der Waals surface area contributed by atoms with Gasteiger partial charge in [-0.15, -0.1) is 0 Å². The second kappa shape index (κ2) is 11.0. The van der Waals surface area contributed by atoms with E-state index in [1.54, 1.807) is 67.6 Å². The maximum absolute atomic E-state index is 13.4. The molecule has 0 aliphatic carbocycles. The Kier molecular flexibility index (Phi) is 8.03. The van der Waals surface area contributed by atoms with Crippen molar-refractivity contribution >= 4 is 38.9 Å². The number of benzene rings is 3. The van der Waals surface area contributed by atoms with Gasteiger partial charge in [-0.3, -0.25) is 13.9 Å².